The molecular weight excluding hydrogens is 244 g/mol. The van der Waals surface area contributed by atoms with Crippen molar-refractivity contribution in [2.45, 2.75) is 18.9 Å². The van der Waals surface area contributed by atoms with Gasteiger partial charge in [-0.2, -0.15) is 0 Å². The average molecular weight is 264 g/mol. The monoisotopic (exact) mass is 264 g/mol. The lowest BCUT2D eigenvalue weighted by Gasteiger charge is -2.12. The largest absolute Gasteiger partial charge is 0.491 e. The average Bonchev–Trinajstić information content (AvgIpc) is 2.97. The first-order chi connectivity index (χ1) is 9.28. The van der Waals surface area contributed by atoms with Crippen LogP contribution in [0.1, 0.15) is 12.8 Å². The van der Waals surface area contributed by atoms with Crippen LogP contribution < -0.4 is 15.4 Å². The molecule has 1 saturated heterocycles. The molecule has 0 spiro atoms. The molecule has 1 aliphatic rings. The molecule has 5 nitrogen and oxygen atoms in total. The zero-order valence-electron chi connectivity index (χ0n) is 11.1. The number of likely N-dealkylation sites (N-methyl/N-ethyl adjacent to an activating group) is 1. The second-order valence-corrected chi connectivity index (χ2v) is 4.50. The SMILES string of the molecule is CNC(=O)CNc1ccc(OCC2CCCO2)cc1. The van der Waals surface area contributed by atoms with Gasteiger partial charge >= 0.3 is 0 Å². The fraction of sp³-hybridized carbons (Fsp3) is 0.500. The van der Waals surface area contributed by atoms with Crippen LogP contribution in [-0.2, 0) is 9.53 Å². The zero-order chi connectivity index (χ0) is 13.5. The third-order valence-electron chi connectivity index (χ3n) is 3.05. The highest BCUT2D eigenvalue weighted by Gasteiger charge is 2.15. The van der Waals surface area contributed by atoms with Gasteiger partial charge in [-0.05, 0) is 37.1 Å². The molecule has 1 atom stereocenters. The van der Waals surface area contributed by atoms with Crippen LogP contribution in [-0.4, -0.2) is 38.8 Å². The minimum absolute atomic E-state index is 0.0429. The third-order valence-corrected chi connectivity index (χ3v) is 3.05. The van der Waals surface area contributed by atoms with Gasteiger partial charge in [0.1, 0.15) is 12.4 Å². The number of amides is 1. The Labute approximate surface area is 113 Å². The van der Waals surface area contributed by atoms with Crippen molar-refractivity contribution in [3.8, 4) is 5.75 Å². The van der Waals surface area contributed by atoms with Gasteiger partial charge in [0.05, 0.1) is 12.6 Å². The molecule has 5 heteroatoms. The van der Waals surface area contributed by atoms with Crippen molar-refractivity contribution in [2.75, 3.05) is 32.1 Å². The third kappa shape index (κ3) is 4.44. The molecule has 104 valence electrons. The molecule has 1 aliphatic heterocycles. The highest BCUT2D eigenvalue weighted by atomic mass is 16.5. The second kappa shape index (κ2) is 6.99. The summed E-state index contributed by atoms with van der Waals surface area (Å²) in [6.45, 7) is 1.72. The number of rotatable bonds is 6. The van der Waals surface area contributed by atoms with Crippen LogP contribution >= 0.6 is 0 Å². The fourth-order valence-electron chi connectivity index (χ4n) is 1.90. The van der Waals surface area contributed by atoms with E-state index in [1.165, 1.54) is 0 Å². The summed E-state index contributed by atoms with van der Waals surface area (Å²) in [5.41, 5.74) is 0.896. The number of carbonyl (C=O) groups excluding carboxylic acids is 1. The van der Waals surface area contributed by atoms with E-state index in [0.717, 1.165) is 30.9 Å². The predicted octanol–water partition coefficient (Wildman–Crippen LogP) is 1.40. The predicted molar refractivity (Wildman–Crippen MR) is 73.5 cm³/mol. The van der Waals surface area contributed by atoms with Crippen molar-refractivity contribution in [3.05, 3.63) is 24.3 Å². The normalized spacial score (nSPS) is 18.1. The highest BCUT2D eigenvalue weighted by molar-refractivity contribution is 5.80. The molecule has 2 N–H and O–H groups in total. The molecule has 0 aliphatic carbocycles. The number of ether oxygens (including phenoxy) is 2. The van der Waals surface area contributed by atoms with Gasteiger partial charge in [-0.1, -0.05) is 0 Å². The van der Waals surface area contributed by atoms with E-state index < -0.39 is 0 Å². The molecule has 1 unspecified atom stereocenters. The smallest absolute Gasteiger partial charge is 0.239 e. The van der Waals surface area contributed by atoms with Gasteiger partial charge in [0.15, 0.2) is 0 Å². The summed E-state index contributed by atoms with van der Waals surface area (Å²) in [4.78, 5) is 11.1. The Balaban J connectivity index is 1.75. The number of hydrogen-bond donors (Lipinski definition) is 2. The van der Waals surface area contributed by atoms with Crippen LogP contribution in [0, 0.1) is 0 Å². The van der Waals surface area contributed by atoms with E-state index in [4.69, 9.17) is 9.47 Å². The molecule has 0 bridgehead atoms. The number of carbonyl (C=O) groups is 1. The summed E-state index contributed by atoms with van der Waals surface area (Å²) in [7, 11) is 1.62. The Morgan fingerprint density at radius 2 is 2.21 bits per heavy atom. The van der Waals surface area contributed by atoms with Crippen molar-refractivity contribution in [2.24, 2.45) is 0 Å². The summed E-state index contributed by atoms with van der Waals surface area (Å²) < 4.78 is 11.2. The maximum atomic E-state index is 11.1. The molecule has 1 fully saturated rings. The first-order valence-corrected chi connectivity index (χ1v) is 6.57. The van der Waals surface area contributed by atoms with Gasteiger partial charge in [0.25, 0.3) is 0 Å². The van der Waals surface area contributed by atoms with E-state index in [2.05, 4.69) is 10.6 Å². The number of anilines is 1. The Morgan fingerprint density at radius 1 is 1.42 bits per heavy atom. The van der Waals surface area contributed by atoms with Crippen molar-refractivity contribution in [3.63, 3.8) is 0 Å². The number of hydrogen-bond acceptors (Lipinski definition) is 4. The summed E-state index contributed by atoms with van der Waals surface area (Å²) >= 11 is 0. The van der Waals surface area contributed by atoms with Crippen LogP contribution in [0.3, 0.4) is 0 Å². The molecule has 2 rings (SSSR count). The summed E-state index contributed by atoms with van der Waals surface area (Å²) in [6.07, 6.45) is 2.42. The molecule has 1 heterocycles. The Kier molecular flexibility index (Phi) is 5.03. The minimum atomic E-state index is -0.0429. The van der Waals surface area contributed by atoms with E-state index in [1.54, 1.807) is 7.05 Å². The van der Waals surface area contributed by atoms with Crippen molar-refractivity contribution in [1.82, 2.24) is 5.32 Å². The fourth-order valence-corrected chi connectivity index (χ4v) is 1.90. The van der Waals surface area contributed by atoms with E-state index in [0.29, 0.717) is 6.61 Å². The summed E-state index contributed by atoms with van der Waals surface area (Å²) in [6, 6.07) is 7.57. The molecule has 1 aromatic rings. The van der Waals surface area contributed by atoms with Crippen molar-refractivity contribution in [1.29, 1.82) is 0 Å². The maximum Gasteiger partial charge on any atom is 0.239 e. The van der Waals surface area contributed by atoms with Gasteiger partial charge in [-0.25, -0.2) is 0 Å². The highest BCUT2D eigenvalue weighted by Crippen LogP contribution is 2.18. The molecule has 0 radical (unpaired) electrons. The maximum absolute atomic E-state index is 11.1. The Morgan fingerprint density at radius 3 is 2.84 bits per heavy atom. The van der Waals surface area contributed by atoms with Gasteiger partial charge in [0, 0.05) is 19.3 Å². The first kappa shape index (κ1) is 13.7. The Bertz CT molecular complexity index is 400. The zero-order valence-corrected chi connectivity index (χ0v) is 11.1. The van der Waals surface area contributed by atoms with Crippen LogP contribution in [0.25, 0.3) is 0 Å². The molecule has 1 aromatic carbocycles. The molecular formula is C14H20N2O3. The first-order valence-electron chi connectivity index (χ1n) is 6.57. The van der Waals surface area contributed by atoms with E-state index in [1.807, 2.05) is 24.3 Å². The lowest BCUT2D eigenvalue weighted by Crippen LogP contribution is -2.26. The summed E-state index contributed by atoms with van der Waals surface area (Å²) in [5, 5.41) is 5.59. The lowest BCUT2D eigenvalue weighted by atomic mass is 10.2. The van der Waals surface area contributed by atoms with Crippen LogP contribution in [0.2, 0.25) is 0 Å². The van der Waals surface area contributed by atoms with Gasteiger partial charge in [-0.15, -0.1) is 0 Å². The lowest BCUT2D eigenvalue weighted by molar-refractivity contribution is -0.118. The van der Waals surface area contributed by atoms with Crippen LogP contribution in [0.4, 0.5) is 5.69 Å². The molecule has 19 heavy (non-hydrogen) atoms. The van der Waals surface area contributed by atoms with Gasteiger partial charge in [0.2, 0.25) is 5.91 Å². The van der Waals surface area contributed by atoms with Gasteiger partial charge in [-0.3, -0.25) is 4.79 Å². The summed E-state index contributed by atoms with van der Waals surface area (Å²) in [5.74, 6) is 0.778. The molecule has 0 aromatic heterocycles. The van der Waals surface area contributed by atoms with E-state index in [-0.39, 0.29) is 18.6 Å². The number of benzene rings is 1. The van der Waals surface area contributed by atoms with Gasteiger partial charge < -0.3 is 20.1 Å². The van der Waals surface area contributed by atoms with Crippen LogP contribution in [0.5, 0.6) is 5.75 Å². The topological polar surface area (TPSA) is 59.6 Å². The Hall–Kier alpha value is -1.75. The molecule has 0 saturated carbocycles. The minimum Gasteiger partial charge on any atom is -0.491 e. The standard InChI is InChI=1S/C14H20N2O3/c1-15-14(17)9-16-11-4-6-12(7-5-11)19-10-13-3-2-8-18-13/h4-7,13,16H,2-3,8-10H2,1H3,(H,15,17). The van der Waals surface area contributed by atoms with E-state index >= 15 is 0 Å². The van der Waals surface area contributed by atoms with E-state index in [9.17, 15) is 4.79 Å². The molecule has 1 amide bonds. The van der Waals surface area contributed by atoms with Crippen molar-refractivity contribution >= 4 is 11.6 Å². The number of nitrogens with one attached hydrogen (secondary N) is 2. The quantitative estimate of drug-likeness (QED) is 0.815. The van der Waals surface area contributed by atoms with Crippen LogP contribution in [0.15, 0.2) is 24.3 Å². The second-order valence-electron chi connectivity index (χ2n) is 4.50. The van der Waals surface area contributed by atoms with Crippen molar-refractivity contribution < 1.29 is 14.3 Å².